The Balaban J connectivity index is 2.98. The molecule has 76 valence electrons. The number of nitrogens with two attached hydrogens (primary N) is 1. The van der Waals surface area contributed by atoms with E-state index in [1.165, 1.54) is 0 Å². The average molecular weight is 207 g/mol. The predicted octanol–water partition coefficient (Wildman–Crippen LogP) is -1.60. The number of nitrogens with one attached hydrogen (secondary N) is 1. The molecule has 13 heavy (non-hydrogen) atoms. The van der Waals surface area contributed by atoms with Crippen LogP contribution in [0.15, 0.2) is 0 Å². The van der Waals surface area contributed by atoms with Crippen LogP contribution in [0.1, 0.15) is 13.8 Å². The van der Waals surface area contributed by atoms with E-state index in [0.717, 1.165) is 4.31 Å². The summed E-state index contributed by atoms with van der Waals surface area (Å²) in [7, 11) is -3.79. The lowest BCUT2D eigenvalue weighted by Gasteiger charge is -2.39. The Morgan fingerprint density at radius 1 is 1.54 bits per heavy atom. The van der Waals surface area contributed by atoms with Crippen LogP contribution in [0.4, 0.5) is 0 Å². The van der Waals surface area contributed by atoms with Gasteiger partial charge in [0.2, 0.25) is 5.91 Å². The Hall–Kier alpha value is -0.660. The molecule has 3 N–H and O–H groups in total. The molecule has 0 aromatic rings. The summed E-state index contributed by atoms with van der Waals surface area (Å²) >= 11 is 0. The normalized spacial score (nSPS) is 24.1. The van der Waals surface area contributed by atoms with E-state index in [1.807, 2.05) is 0 Å². The fourth-order valence-electron chi connectivity index (χ4n) is 1.24. The van der Waals surface area contributed by atoms with Crippen molar-refractivity contribution in [2.75, 3.05) is 13.1 Å². The average Bonchev–Trinajstić information content (AvgIpc) is 1.92. The van der Waals surface area contributed by atoms with Crippen LogP contribution in [-0.2, 0) is 15.0 Å². The summed E-state index contributed by atoms with van der Waals surface area (Å²) in [5.41, 5.74) is -0.651. The molecule has 0 aromatic carbocycles. The van der Waals surface area contributed by atoms with E-state index in [9.17, 15) is 13.2 Å². The maximum Gasteiger partial charge on any atom is 0.277 e. The SMILES string of the molecule is CC1(C)CNC(=O)CN1S(N)(=O)=O. The first-order valence-corrected chi connectivity index (χ1v) is 5.31. The number of amides is 1. The quantitative estimate of drug-likeness (QED) is 0.542. The molecule has 0 aliphatic carbocycles. The van der Waals surface area contributed by atoms with Gasteiger partial charge >= 0.3 is 0 Å². The second-order valence-electron chi connectivity index (χ2n) is 3.64. The number of hydrogen-bond acceptors (Lipinski definition) is 3. The van der Waals surface area contributed by atoms with Crippen molar-refractivity contribution in [2.45, 2.75) is 19.4 Å². The van der Waals surface area contributed by atoms with Crippen LogP contribution in [0.2, 0.25) is 0 Å². The maximum atomic E-state index is 11.1. The van der Waals surface area contributed by atoms with Crippen molar-refractivity contribution in [3.63, 3.8) is 0 Å². The lowest BCUT2D eigenvalue weighted by Crippen LogP contribution is -2.63. The van der Waals surface area contributed by atoms with Gasteiger partial charge in [-0.1, -0.05) is 0 Å². The second kappa shape index (κ2) is 2.93. The molecule has 7 heteroatoms. The largest absolute Gasteiger partial charge is 0.353 e. The van der Waals surface area contributed by atoms with Crippen molar-refractivity contribution in [2.24, 2.45) is 5.14 Å². The van der Waals surface area contributed by atoms with Gasteiger partial charge in [0.1, 0.15) is 0 Å². The van der Waals surface area contributed by atoms with E-state index in [4.69, 9.17) is 5.14 Å². The standard InChI is InChI=1S/C6H13N3O3S/c1-6(2)4-8-5(10)3-9(6)13(7,11)12/h3-4H2,1-2H3,(H,8,10)(H2,7,11,12). The third kappa shape index (κ3) is 2.17. The highest BCUT2D eigenvalue weighted by Gasteiger charge is 2.39. The molecule has 6 nitrogen and oxygen atoms in total. The van der Waals surface area contributed by atoms with Crippen molar-refractivity contribution < 1.29 is 13.2 Å². The zero-order valence-electron chi connectivity index (χ0n) is 7.57. The van der Waals surface area contributed by atoms with E-state index in [1.54, 1.807) is 13.8 Å². The Kier molecular flexibility index (Phi) is 2.35. The number of piperazine rings is 1. The van der Waals surface area contributed by atoms with Gasteiger partial charge in [0, 0.05) is 12.1 Å². The summed E-state index contributed by atoms with van der Waals surface area (Å²) in [6.45, 7) is 3.49. The van der Waals surface area contributed by atoms with Crippen LogP contribution < -0.4 is 10.5 Å². The van der Waals surface area contributed by atoms with E-state index in [2.05, 4.69) is 5.32 Å². The summed E-state index contributed by atoms with van der Waals surface area (Å²) < 4.78 is 23.1. The summed E-state index contributed by atoms with van der Waals surface area (Å²) in [4.78, 5) is 10.9. The van der Waals surface area contributed by atoms with Crippen LogP contribution in [0.5, 0.6) is 0 Å². The molecule has 1 aliphatic rings. The molecule has 0 bridgehead atoms. The van der Waals surface area contributed by atoms with Crippen molar-refractivity contribution in [1.82, 2.24) is 9.62 Å². The molecule has 1 saturated heterocycles. The summed E-state index contributed by atoms with van der Waals surface area (Å²) in [6.07, 6.45) is 0. The monoisotopic (exact) mass is 207 g/mol. The van der Waals surface area contributed by atoms with Crippen LogP contribution in [0.3, 0.4) is 0 Å². The third-order valence-corrected chi connectivity index (χ3v) is 3.23. The fourth-order valence-corrected chi connectivity index (χ4v) is 2.29. The topological polar surface area (TPSA) is 92.5 Å². The van der Waals surface area contributed by atoms with E-state index in [0.29, 0.717) is 0 Å². The minimum absolute atomic E-state index is 0.203. The molecule has 0 aromatic heterocycles. The van der Waals surface area contributed by atoms with Crippen LogP contribution in [0, 0.1) is 0 Å². The zero-order valence-corrected chi connectivity index (χ0v) is 8.39. The predicted molar refractivity (Wildman–Crippen MR) is 46.9 cm³/mol. The van der Waals surface area contributed by atoms with Crippen molar-refractivity contribution >= 4 is 16.1 Å². The van der Waals surface area contributed by atoms with E-state index < -0.39 is 15.7 Å². The summed E-state index contributed by atoms with van der Waals surface area (Å²) in [5, 5.41) is 7.54. The third-order valence-electron chi connectivity index (χ3n) is 1.99. The second-order valence-corrected chi connectivity index (χ2v) is 5.11. The first kappa shape index (κ1) is 10.4. The number of carbonyl (C=O) groups excluding carboxylic acids is 1. The van der Waals surface area contributed by atoms with Crippen LogP contribution >= 0.6 is 0 Å². The first-order chi connectivity index (χ1) is 5.73. The van der Waals surface area contributed by atoms with Gasteiger partial charge in [0.05, 0.1) is 6.54 Å². The van der Waals surface area contributed by atoms with Gasteiger partial charge < -0.3 is 5.32 Å². The van der Waals surface area contributed by atoms with Gasteiger partial charge in [0.15, 0.2) is 0 Å². The lowest BCUT2D eigenvalue weighted by molar-refractivity contribution is -0.124. The molecule has 0 saturated carbocycles. The summed E-state index contributed by atoms with van der Waals surface area (Å²) in [5.74, 6) is -0.326. The van der Waals surface area contributed by atoms with Gasteiger partial charge in [-0.2, -0.15) is 12.7 Å². The molecular formula is C6H13N3O3S. The molecule has 0 unspecified atom stereocenters. The Morgan fingerprint density at radius 2 is 2.08 bits per heavy atom. The number of carbonyl (C=O) groups is 1. The molecule has 0 spiro atoms. The smallest absolute Gasteiger partial charge is 0.277 e. The minimum Gasteiger partial charge on any atom is -0.353 e. The van der Waals surface area contributed by atoms with Gasteiger partial charge in [-0.05, 0) is 13.8 Å². The molecule has 0 radical (unpaired) electrons. The molecular weight excluding hydrogens is 194 g/mol. The number of rotatable bonds is 1. The molecule has 0 atom stereocenters. The van der Waals surface area contributed by atoms with Gasteiger partial charge in [-0.25, -0.2) is 5.14 Å². The number of nitrogens with zero attached hydrogens (tertiary/aromatic N) is 1. The Bertz CT molecular complexity index is 322. The lowest BCUT2D eigenvalue weighted by atomic mass is 10.0. The Morgan fingerprint density at radius 3 is 2.46 bits per heavy atom. The molecule has 1 rings (SSSR count). The first-order valence-electron chi connectivity index (χ1n) is 3.81. The van der Waals surface area contributed by atoms with Gasteiger partial charge in [-0.3, -0.25) is 4.79 Å². The molecule has 1 fully saturated rings. The highest BCUT2D eigenvalue weighted by atomic mass is 32.2. The van der Waals surface area contributed by atoms with Gasteiger partial charge in [-0.15, -0.1) is 0 Å². The van der Waals surface area contributed by atoms with Crippen LogP contribution in [-0.4, -0.2) is 37.3 Å². The number of hydrogen-bond donors (Lipinski definition) is 2. The Labute approximate surface area is 77.3 Å². The molecule has 1 aliphatic heterocycles. The van der Waals surface area contributed by atoms with E-state index >= 15 is 0 Å². The minimum atomic E-state index is -3.79. The highest BCUT2D eigenvalue weighted by Crippen LogP contribution is 2.18. The van der Waals surface area contributed by atoms with Crippen molar-refractivity contribution in [3.05, 3.63) is 0 Å². The van der Waals surface area contributed by atoms with Crippen molar-refractivity contribution in [1.29, 1.82) is 0 Å². The fraction of sp³-hybridized carbons (Fsp3) is 0.833. The van der Waals surface area contributed by atoms with Crippen LogP contribution in [0.25, 0.3) is 0 Å². The van der Waals surface area contributed by atoms with Crippen molar-refractivity contribution in [3.8, 4) is 0 Å². The van der Waals surface area contributed by atoms with E-state index in [-0.39, 0.29) is 19.0 Å². The zero-order chi connectivity index (χ0) is 10.3. The molecule has 1 amide bonds. The van der Waals surface area contributed by atoms with Gasteiger partial charge in [0.25, 0.3) is 10.2 Å². The maximum absolute atomic E-state index is 11.1. The molecule has 1 heterocycles. The highest BCUT2D eigenvalue weighted by molar-refractivity contribution is 7.86. The summed E-state index contributed by atoms with van der Waals surface area (Å²) in [6, 6.07) is 0.